The van der Waals surface area contributed by atoms with E-state index in [0.29, 0.717) is 29.2 Å². The monoisotopic (exact) mass is 572 g/mol. The van der Waals surface area contributed by atoms with Gasteiger partial charge in [0.1, 0.15) is 11.3 Å². The molecule has 0 aliphatic rings. The molecule has 42 heavy (non-hydrogen) atoms. The van der Waals surface area contributed by atoms with Gasteiger partial charge in [-0.3, -0.25) is 9.47 Å². The molecule has 12 heteroatoms. The molecule has 220 valence electrons. The van der Waals surface area contributed by atoms with E-state index in [1.54, 1.807) is 13.2 Å². The normalized spacial score (nSPS) is 10.9. The summed E-state index contributed by atoms with van der Waals surface area (Å²) < 4.78 is 7.62. The van der Waals surface area contributed by atoms with Gasteiger partial charge in [0, 0.05) is 63.6 Å². The number of nitrogens with one attached hydrogen (secondary N) is 2. The standard InChI is InChI=1S/C30H36N8O4/c1-8-27(39)32-22-15-23(26(42-7)16-25(22)37(6)14-13-35(2)3)33-30-31-17-20(29(40)41)28(34-30)21-18-38(36(4)5)24-12-10-9-11-19(21)24/h8-12,15-18H,1,13-14H2,2-7H3,(H,32,39)(H,40,41)(H,31,33,34). The number of rotatable bonds is 12. The van der Waals surface area contributed by atoms with Gasteiger partial charge in [0.2, 0.25) is 11.9 Å². The number of aromatic carboxylic acids is 1. The third kappa shape index (κ3) is 6.28. The fourth-order valence-electron chi connectivity index (χ4n) is 4.51. The summed E-state index contributed by atoms with van der Waals surface area (Å²) in [6.45, 7) is 5.06. The number of carbonyl (C=O) groups is 2. The number of methoxy groups -OCH3 is 1. The van der Waals surface area contributed by atoms with Crippen molar-refractivity contribution >= 4 is 45.8 Å². The van der Waals surface area contributed by atoms with Crippen LogP contribution >= 0.6 is 0 Å². The molecule has 0 aliphatic carbocycles. The summed E-state index contributed by atoms with van der Waals surface area (Å²) in [5.41, 5.74) is 3.52. The highest BCUT2D eigenvalue weighted by Crippen LogP contribution is 2.38. The molecule has 0 aliphatic heterocycles. The van der Waals surface area contributed by atoms with E-state index in [4.69, 9.17) is 4.74 Å². The molecule has 0 fully saturated rings. The topological polar surface area (TPSA) is 128 Å². The molecule has 4 rings (SSSR count). The number of hydrogen-bond donors (Lipinski definition) is 3. The van der Waals surface area contributed by atoms with Crippen molar-refractivity contribution in [2.75, 3.05) is 76.0 Å². The van der Waals surface area contributed by atoms with Crippen LogP contribution in [0.5, 0.6) is 5.75 Å². The van der Waals surface area contributed by atoms with Crippen molar-refractivity contribution in [1.82, 2.24) is 19.5 Å². The van der Waals surface area contributed by atoms with Crippen LogP contribution in [0.15, 0.2) is 61.4 Å². The average molecular weight is 573 g/mol. The number of likely N-dealkylation sites (N-methyl/N-ethyl adjacent to an activating group) is 2. The third-order valence-electron chi connectivity index (χ3n) is 6.70. The molecule has 1 amide bonds. The largest absolute Gasteiger partial charge is 0.494 e. The number of carboxylic acid groups (broad SMARTS) is 1. The minimum Gasteiger partial charge on any atom is -0.494 e. The molecule has 12 nitrogen and oxygen atoms in total. The van der Waals surface area contributed by atoms with Gasteiger partial charge in [-0.05, 0) is 32.3 Å². The molecule has 0 spiro atoms. The number of fused-ring (bicyclic) bond motifs is 1. The number of carboxylic acids is 1. The van der Waals surface area contributed by atoms with Crippen molar-refractivity contribution in [2.45, 2.75) is 0 Å². The number of nitrogens with zero attached hydrogens (tertiary/aromatic N) is 6. The van der Waals surface area contributed by atoms with E-state index in [-0.39, 0.29) is 23.1 Å². The zero-order chi connectivity index (χ0) is 30.6. The Balaban J connectivity index is 1.82. The Kier molecular flexibility index (Phi) is 8.96. The van der Waals surface area contributed by atoms with E-state index in [0.717, 1.165) is 23.1 Å². The van der Waals surface area contributed by atoms with Gasteiger partial charge in [0.15, 0.2) is 0 Å². The van der Waals surface area contributed by atoms with E-state index in [1.165, 1.54) is 12.3 Å². The predicted molar refractivity (Wildman–Crippen MR) is 167 cm³/mol. The average Bonchev–Trinajstić information content (AvgIpc) is 3.36. The first kappa shape index (κ1) is 29.9. The second-order valence-electron chi connectivity index (χ2n) is 10.1. The molecule has 0 radical (unpaired) electrons. The Morgan fingerprint density at radius 2 is 1.83 bits per heavy atom. The van der Waals surface area contributed by atoms with Crippen LogP contribution in [0, 0.1) is 0 Å². The fourth-order valence-corrected chi connectivity index (χ4v) is 4.51. The zero-order valence-corrected chi connectivity index (χ0v) is 24.7. The minimum absolute atomic E-state index is 0.0361. The summed E-state index contributed by atoms with van der Waals surface area (Å²) in [6.07, 6.45) is 4.33. The van der Waals surface area contributed by atoms with Gasteiger partial charge < -0.3 is 35.3 Å². The molecular weight excluding hydrogens is 536 g/mol. The molecule has 3 N–H and O–H groups in total. The number of carbonyl (C=O) groups excluding carboxylic acids is 1. The summed E-state index contributed by atoms with van der Waals surface area (Å²) >= 11 is 0. The Bertz CT molecular complexity index is 1630. The number of benzene rings is 2. The highest BCUT2D eigenvalue weighted by molar-refractivity contribution is 6.03. The van der Waals surface area contributed by atoms with Crippen LogP contribution < -0.4 is 25.3 Å². The maximum atomic E-state index is 12.3. The number of para-hydroxylation sites is 1. The van der Waals surface area contributed by atoms with Gasteiger partial charge in [-0.25, -0.2) is 14.8 Å². The summed E-state index contributed by atoms with van der Waals surface area (Å²) in [5.74, 6) is -0.870. The van der Waals surface area contributed by atoms with Crippen LogP contribution in [0.1, 0.15) is 10.4 Å². The van der Waals surface area contributed by atoms with Gasteiger partial charge >= 0.3 is 5.97 Å². The summed E-state index contributed by atoms with van der Waals surface area (Å²) in [6, 6.07) is 11.2. The fraction of sp³-hybridized carbons (Fsp3) is 0.267. The molecule has 0 bridgehead atoms. The van der Waals surface area contributed by atoms with Crippen LogP contribution in [-0.2, 0) is 4.79 Å². The number of aromatic nitrogens is 3. The van der Waals surface area contributed by atoms with Gasteiger partial charge in [-0.15, -0.1) is 0 Å². The molecule has 0 saturated heterocycles. The number of anilines is 4. The van der Waals surface area contributed by atoms with Crippen molar-refractivity contribution in [1.29, 1.82) is 0 Å². The first-order chi connectivity index (χ1) is 20.0. The molecule has 2 aromatic carbocycles. The zero-order valence-electron chi connectivity index (χ0n) is 24.7. The maximum absolute atomic E-state index is 12.3. The van der Waals surface area contributed by atoms with Crippen molar-refractivity contribution in [3.63, 3.8) is 0 Å². The van der Waals surface area contributed by atoms with E-state index in [2.05, 4.69) is 32.1 Å². The Labute approximate surface area is 244 Å². The second kappa shape index (κ2) is 12.6. The highest BCUT2D eigenvalue weighted by atomic mass is 16.5. The van der Waals surface area contributed by atoms with E-state index >= 15 is 0 Å². The number of amides is 1. The van der Waals surface area contributed by atoms with Gasteiger partial charge in [-0.2, -0.15) is 0 Å². The molecule has 2 aromatic heterocycles. The van der Waals surface area contributed by atoms with E-state index in [9.17, 15) is 14.7 Å². The summed E-state index contributed by atoms with van der Waals surface area (Å²) in [5, 5.41) is 18.8. The predicted octanol–water partition coefficient (Wildman–Crippen LogP) is 3.87. The Morgan fingerprint density at radius 3 is 2.48 bits per heavy atom. The molecule has 0 unspecified atom stereocenters. The number of hydrogen-bond acceptors (Lipinski definition) is 9. The highest BCUT2D eigenvalue weighted by Gasteiger charge is 2.22. The quantitative estimate of drug-likeness (QED) is 0.215. The molecule has 2 heterocycles. The van der Waals surface area contributed by atoms with Crippen LogP contribution in [0.3, 0.4) is 0 Å². The minimum atomic E-state index is -1.14. The van der Waals surface area contributed by atoms with Crippen LogP contribution in [0.2, 0.25) is 0 Å². The van der Waals surface area contributed by atoms with Gasteiger partial charge in [-0.1, -0.05) is 24.8 Å². The van der Waals surface area contributed by atoms with Gasteiger partial charge in [0.05, 0.1) is 35.4 Å². The van der Waals surface area contributed by atoms with Crippen LogP contribution in [-0.4, -0.2) is 92.0 Å². The van der Waals surface area contributed by atoms with E-state index in [1.807, 2.05) is 86.4 Å². The number of ether oxygens (including phenoxy) is 1. The maximum Gasteiger partial charge on any atom is 0.339 e. The first-order valence-corrected chi connectivity index (χ1v) is 13.2. The Hall–Kier alpha value is -5.10. The lowest BCUT2D eigenvalue weighted by molar-refractivity contribution is -0.111. The molecule has 0 saturated carbocycles. The SMILES string of the molecule is C=CC(=O)Nc1cc(Nc2ncc(C(=O)O)c(-c3cn(N(C)C)c4ccccc34)n2)c(OC)cc1N(C)CCN(C)C. The van der Waals surface area contributed by atoms with E-state index < -0.39 is 5.97 Å². The van der Waals surface area contributed by atoms with Crippen molar-refractivity contribution in [3.05, 3.63) is 67.0 Å². The lowest BCUT2D eigenvalue weighted by Crippen LogP contribution is -2.29. The first-order valence-electron chi connectivity index (χ1n) is 13.2. The van der Waals surface area contributed by atoms with Crippen molar-refractivity contribution < 1.29 is 19.4 Å². The van der Waals surface area contributed by atoms with Gasteiger partial charge in [0.25, 0.3) is 0 Å². The smallest absolute Gasteiger partial charge is 0.339 e. The molecular formula is C30H36N8O4. The summed E-state index contributed by atoms with van der Waals surface area (Å²) in [4.78, 5) is 37.6. The lowest BCUT2D eigenvalue weighted by atomic mass is 10.1. The Morgan fingerprint density at radius 1 is 1.10 bits per heavy atom. The molecule has 0 atom stereocenters. The second-order valence-corrected chi connectivity index (χ2v) is 10.1. The summed E-state index contributed by atoms with van der Waals surface area (Å²) in [7, 11) is 11.3. The molecule has 4 aromatic rings. The van der Waals surface area contributed by atoms with Crippen LogP contribution in [0.4, 0.5) is 23.0 Å². The lowest BCUT2D eigenvalue weighted by Gasteiger charge is -2.26. The van der Waals surface area contributed by atoms with Crippen molar-refractivity contribution in [2.24, 2.45) is 0 Å². The van der Waals surface area contributed by atoms with Crippen LogP contribution in [0.25, 0.3) is 22.2 Å². The third-order valence-corrected chi connectivity index (χ3v) is 6.70. The van der Waals surface area contributed by atoms with Crippen molar-refractivity contribution in [3.8, 4) is 17.0 Å².